The number of H-pyrrole nitrogens is 1. The average molecular weight is 436 g/mol. The van der Waals surface area contributed by atoms with Crippen molar-refractivity contribution < 1.29 is 23.9 Å². The second-order valence-corrected chi connectivity index (χ2v) is 7.45. The van der Waals surface area contributed by atoms with Crippen molar-refractivity contribution >= 4 is 34.4 Å². The fraction of sp³-hybridized carbons (Fsp3) is 0.261. The predicted molar refractivity (Wildman–Crippen MR) is 119 cm³/mol. The van der Waals surface area contributed by atoms with Crippen molar-refractivity contribution in [3.63, 3.8) is 0 Å². The molecule has 1 atom stereocenters. The Kier molecular flexibility index (Phi) is 5.98. The number of benzene rings is 2. The van der Waals surface area contributed by atoms with Gasteiger partial charge in [0.2, 0.25) is 5.91 Å². The van der Waals surface area contributed by atoms with Crippen molar-refractivity contribution in [2.75, 3.05) is 19.5 Å². The number of imide groups is 1. The van der Waals surface area contributed by atoms with Crippen LogP contribution in [0, 0.1) is 0 Å². The fourth-order valence-corrected chi connectivity index (χ4v) is 3.77. The molecule has 0 spiro atoms. The Labute approximate surface area is 184 Å². The van der Waals surface area contributed by atoms with Gasteiger partial charge in [0.05, 0.1) is 26.5 Å². The molecule has 3 N–H and O–H groups in total. The highest BCUT2D eigenvalue weighted by molar-refractivity contribution is 6.05. The summed E-state index contributed by atoms with van der Waals surface area (Å²) in [7, 11) is 3.06. The first-order valence-electron chi connectivity index (χ1n) is 10.2. The number of carbonyl (C=O) groups is 3. The molecule has 0 aliphatic carbocycles. The SMILES string of the molecule is COc1ccc(CN2C(=O)N[C@H](CCC(=O)Nc3cccc4[nH]ccc34)C2=O)cc1OC. The summed E-state index contributed by atoms with van der Waals surface area (Å²) in [6.45, 7) is 0.100. The zero-order valence-corrected chi connectivity index (χ0v) is 17.8. The van der Waals surface area contributed by atoms with Crippen molar-refractivity contribution in [2.24, 2.45) is 0 Å². The van der Waals surface area contributed by atoms with Crippen molar-refractivity contribution in [3.05, 3.63) is 54.2 Å². The number of amides is 4. The average Bonchev–Trinajstić information content (AvgIpc) is 3.38. The summed E-state index contributed by atoms with van der Waals surface area (Å²) < 4.78 is 10.5. The minimum absolute atomic E-state index is 0.0989. The summed E-state index contributed by atoms with van der Waals surface area (Å²) in [5.74, 6) is 0.500. The lowest BCUT2D eigenvalue weighted by Crippen LogP contribution is -2.31. The third-order valence-electron chi connectivity index (χ3n) is 5.42. The Bertz CT molecular complexity index is 1170. The number of aromatic amines is 1. The molecule has 4 amide bonds. The molecule has 0 bridgehead atoms. The van der Waals surface area contributed by atoms with Gasteiger partial charge >= 0.3 is 6.03 Å². The number of methoxy groups -OCH3 is 2. The van der Waals surface area contributed by atoms with Gasteiger partial charge in [0.1, 0.15) is 6.04 Å². The van der Waals surface area contributed by atoms with E-state index in [4.69, 9.17) is 9.47 Å². The van der Waals surface area contributed by atoms with Gasteiger partial charge in [-0.2, -0.15) is 0 Å². The number of hydrogen-bond donors (Lipinski definition) is 3. The highest BCUT2D eigenvalue weighted by Gasteiger charge is 2.37. The highest BCUT2D eigenvalue weighted by atomic mass is 16.5. The van der Waals surface area contributed by atoms with Crippen LogP contribution in [0.15, 0.2) is 48.7 Å². The van der Waals surface area contributed by atoms with E-state index in [0.717, 1.165) is 21.4 Å². The second-order valence-electron chi connectivity index (χ2n) is 7.45. The lowest BCUT2D eigenvalue weighted by Gasteiger charge is -2.15. The first kappa shape index (κ1) is 21.2. The third-order valence-corrected chi connectivity index (χ3v) is 5.42. The van der Waals surface area contributed by atoms with Crippen LogP contribution in [0.5, 0.6) is 11.5 Å². The molecule has 4 rings (SSSR count). The molecular formula is C23H24N4O5. The van der Waals surface area contributed by atoms with Gasteiger partial charge in [0.25, 0.3) is 5.91 Å². The van der Waals surface area contributed by atoms with Crippen LogP contribution in [0.4, 0.5) is 10.5 Å². The van der Waals surface area contributed by atoms with Crippen molar-refractivity contribution in [1.29, 1.82) is 0 Å². The van der Waals surface area contributed by atoms with E-state index >= 15 is 0 Å². The molecule has 2 aromatic carbocycles. The lowest BCUT2D eigenvalue weighted by molar-refractivity contribution is -0.128. The van der Waals surface area contributed by atoms with E-state index in [2.05, 4.69) is 15.6 Å². The highest BCUT2D eigenvalue weighted by Crippen LogP contribution is 2.28. The van der Waals surface area contributed by atoms with Crippen LogP contribution in [0.1, 0.15) is 18.4 Å². The van der Waals surface area contributed by atoms with E-state index in [1.165, 1.54) is 14.2 Å². The Morgan fingerprint density at radius 3 is 2.69 bits per heavy atom. The van der Waals surface area contributed by atoms with Crippen molar-refractivity contribution in [1.82, 2.24) is 15.2 Å². The van der Waals surface area contributed by atoms with Gasteiger partial charge in [-0.3, -0.25) is 14.5 Å². The molecule has 1 fully saturated rings. The summed E-state index contributed by atoms with van der Waals surface area (Å²) in [4.78, 5) is 41.8. The van der Waals surface area contributed by atoms with E-state index < -0.39 is 12.1 Å². The van der Waals surface area contributed by atoms with E-state index in [1.54, 1.807) is 24.4 Å². The molecule has 1 aliphatic heterocycles. The molecule has 9 nitrogen and oxygen atoms in total. The molecule has 1 saturated heterocycles. The zero-order chi connectivity index (χ0) is 22.7. The minimum Gasteiger partial charge on any atom is -0.493 e. The van der Waals surface area contributed by atoms with Crippen LogP contribution >= 0.6 is 0 Å². The van der Waals surface area contributed by atoms with E-state index in [-0.39, 0.29) is 31.2 Å². The number of nitrogens with one attached hydrogen (secondary N) is 3. The van der Waals surface area contributed by atoms with Gasteiger partial charge in [-0.05, 0) is 42.3 Å². The molecule has 0 unspecified atom stereocenters. The number of anilines is 1. The third kappa shape index (κ3) is 4.22. The van der Waals surface area contributed by atoms with E-state index in [9.17, 15) is 14.4 Å². The number of urea groups is 1. The van der Waals surface area contributed by atoms with Crippen LogP contribution < -0.4 is 20.1 Å². The largest absolute Gasteiger partial charge is 0.493 e. The van der Waals surface area contributed by atoms with E-state index in [1.807, 2.05) is 24.3 Å². The molecule has 1 aromatic heterocycles. The second kappa shape index (κ2) is 9.01. The maximum Gasteiger partial charge on any atom is 0.325 e. The van der Waals surface area contributed by atoms with Crippen LogP contribution in [-0.2, 0) is 16.1 Å². The smallest absolute Gasteiger partial charge is 0.325 e. The normalized spacial score (nSPS) is 15.7. The van der Waals surface area contributed by atoms with Crippen LogP contribution in [0.25, 0.3) is 10.9 Å². The van der Waals surface area contributed by atoms with Gasteiger partial charge in [0.15, 0.2) is 11.5 Å². The molecule has 166 valence electrons. The van der Waals surface area contributed by atoms with Gasteiger partial charge in [-0.1, -0.05) is 12.1 Å². The van der Waals surface area contributed by atoms with Gasteiger partial charge in [0, 0.05) is 23.5 Å². The summed E-state index contributed by atoms with van der Waals surface area (Å²) in [5, 5.41) is 6.45. The number of nitrogens with zero attached hydrogens (tertiary/aromatic N) is 1. The molecule has 0 radical (unpaired) electrons. The van der Waals surface area contributed by atoms with Crippen LogP contribution in [0.3, 0.4) is 0 Å². The van der Waals surface area contributed by atoms with Crippen molar-refractivity contribution in [2.45, 2.75) is 25.4 Å². The van der Waals surface area contributed by atoms with Crippen molar-refractivity contribution in [3.8, 4) is 11.5 Å². The quantitative estimate of drug-likeness (QED) is 0.470. The fourth-order valence-electron chi connectivity index (χ4n) is 3.77. The first-order valence-corrected chi connectivity index (χ1v) is 10.2. The summed E-state index contributed by atoms with van der Waals surface area (Å²) in [6.07, 6.45) is 2.11. The van der Waals surface area contributed by atoms with Gasteiger partial charge < -0.3 is 25.1 Å². The lowest BCUT2D eigenvalue weighted by atomic mass is 10.1. The summed E-state index contributed by atoms with van der Waals surface area (Å²) >= 11 is 0. The maximum absolute atomic E-state index is 12.8. The first-order chi connectivity index (χ1) is 15.5. The molecule has 9 heteroatoms. The van der Waals surface area contributed by atoms with Gasteiger partial charge in [-0.15, -0.1) is 0 Å². The molecule has 2 heterocycles. The van der Waals surface area contributed by atoms with E-state index in [0.29, 0.717) is 17.2 Å². The Balaban J connectivity index is 1.35. The summed E-state index contributed by atoms with van der Waals surface area (Å²) in [5.41, 5.74) is 2.35. The monoisotopic (exact) mass is 436 g/mol. The minimum atomic E-state index is -0.739. The van der Waals surface area contributed by atoms with Crippen LogP contribution in [0.2, 0.25) is 0 Å². The zero-order valence-electron chi connectivity index (χ0n) is 17.8. The maximum atomic E-state index is 12.8. The number of carbonyl (C=O) groups excluding carboxylic acids is 3. The van der Waals surface area contributed by atoms with Gasteiger partial charge in [-0.25, -0.2) is 4.79 Å². The number of ether oxygens (including phenoxy) is 2. The molecule has 32 heavy (non-hydrogen) atoms. The topological polar surface area (TPSA) is 113 Å². The number of hydrogen-bond acceptors (Lipinski definition) is 5. The Morgan fingerprint density at radius 1 is 1.09 bits per heavy atom. The molecule has 0 saturated carbocycles. The number of aromatic nitrogens is 1. The van der Waals surface area contributed by atoms with Crippen LogP contribution in [-0.4, -0.2) is 48.0 Å². The number of fused-ring (bicyclic) bond motifs is 1. The predicted octanol–water partition coefficient (Wildman–Crippen LogP) is 3.02. The summed E-state index contributed by atoms with van der Waals surface area (Å²) in [6, 6.07) is 11.5. The molecule has 1 aliphatic rings. The number of rotatable bonds is 8. The molecule has 3 aromatic rings. The Hall–Kier alpha value is -4.01. The molecular weight excluding hydrogens is 412 g/mol. The standard InChI is InChI=1S/C23H24N4O5/c1-31-19-8-6-14(12-20(19)32-2)13-27-22(29)18(26-23(27)30)7-9-21(28)25-17-5-3-4-16-15(17)10-11-24-16/h3-6,8,10-12,18,24H,7,9,13H2,1-2H3,(H,25,28)(H,26,30)/t18-/m1/s1. The Morgan fingerprint density at radius 2 is 1.91 bits per heavy atom.